The molecule has 0 saturated heterocycles. The molecule has 82 valence electrons. The summed E-state index contributed by atoms with van der Waals surface area (Å²) in [6.45, 7) is 4.70. The van der Waals surface area contributed by atoms with Gasteiger partial charge in [-0.25, -0.2) is 8.42 Å². The van der Waals surface area contributed by atoms with E-state index in [1.165, 1.54) is 5.56 Å². The van der Waals surface area contributed by atoms with Gasteiger partial charge < -0.3 is 5.32 Å². The van der Waals surface area contributed by atoms with Crippen molar-refractivity contribution >= 4 is 15.5 Å². The van der Waals surface area contributed by atoms with E-state index in [1.807, 2.05) is 12.1 Å². The predicted molar refractivity (Wildman–Crippen MR) is 61.1 cm³/mol. The summed E-state index contributed by atoms with van der Waals surface area (Å²) < 4.78 is 23.4. The van der Waals surface area contributed by atoms with Gasteiger partial charge in [-0.3, -0.25) is 0 Å². The van der Waals surface area contributed by atoms with Crippen LogP contribution in [0.15, 0.2) is 23.1 Å². The van der Waals surface area contributed by atoms with Gasteiger partial charge in [-0.15, -0.1) is 0 Å². The first-order valence-electron chi connectivity index (χ1n) is 5.11. The lowest BCUT2D eigenvalue weighted by atomic mass is 10.0. The van der Waals surface area contributed by atoms with Gasteiger partial charge in [-0.05, 0) is 23.6 Å². The number of fused-ring (bicyclic) bond motifs is 1. The molecule has 0 fully saturated rings. The maximum atomic E-state index is 11.7. The number of nitrogens with one attached hydrogen (secondary N) is 1. The van der Waals surface area contributed by atoms with Crippen LogP contribution in [0.25, 0.3) is 0 Å². The first-order valence-corrected chi connectivity index (χ1v) is 6.76. The largest absolute Gasteiger partial charge is 0.383 e. The molecule has 2 rings (SSSR count). The van der Waals surface area contributed by atoms with Crippen LogP contribution < -0.4 is 5.32 Å². The molecule has 0 bridgehead atoms. The molecule has 0 amide bonds. The summed E-state index contributed by atoms with van der Waals surface area (Å²) in [5.41, 5.74) is 1.92. The number of hydrogen-bond acceptors (Lipinski definition) is 3. The fourth-order valence-corrected chi connectivity index (χ4v) is 3.08. The summed E-state index contributed by atoms with van der Waals surface area (Å²) in [5.74, 6) is 0.614. The van der Waals surface area contributed by atoms with Crippen LogP contribution in [0.4, 0.5) is 5.69 Å². The highest BCUT2D eigenvalue weighted by Crippen LogP contribution is 2.29. The monoisotopic (exact) mass is 225 g/mol. The van der Waals surface area contributed by atoms with Crippen LogP contribution in [0.5, 0.6) is 0 Å². The lowest BCUT2D eigenvalue weighted by molar-refractivity contribution is 0.594. The molecule has 1 aromatic carbocycles. The van der Waals surface area contributed by atoms with Gasteiger partial charge in [0.1, 0.15) is 0 Å². The molecule has 0 saturated carbocycles. The quantitative estimate of drug-likeness (QED) is 0.795. The van der Waals surface area contributed by atoms with Crippen LogP contribution in [0.3, 0.4) is 0 Å². The van der Waals surface area contributed by atoms with Gasteiger partial charge in [0.15, 0.2) is 9.84 Å². The summed E-state index contributed by atoms with van der Waals surface area (Å²) in [6, 6.07) is 5.55. The Labute approximate surface area is 90.4 Å². The molecule has 0 unspecified atom stereocenters. The van der Waals surface area contributed by atoms with Crippen LogP contribution in [0.2, 0.25) is 0 Å². The maximum Gasteiger partial charge on any atom is 0.182 e. The SMILES string of the molecule is CC(C)c1ccc2c(c1)NCCS2(=O)=O. The smallest absolute Gasteiger partial charge is 0.182 e. The van der Waals surface area contributed by atoms with Crippen molar-refractivity contribution in [3.8, 4) is 0 Å². The van der Waals surface area contributed by atoms with E-state index >= 15 is 0 Å². The van der Waals surface area contributed by atoms with Gasteiger partial charge in [0.2, 0.25) is 0 Å². The van der Waals surface area contributed by atoms with E-state index in [2.05, 4.69) is 19.2 Å². The summed E-state index contributed by atoms with van der Waals surface area (Å²) in [6.07, 6.45) is 0. The van der Waals surface area contributed by atoms with Gasteiger partial charge in [-0.2, -0.15) is 0 Å². The van der Waals surface area contributed by atoms with Crippen LogP contribution in [-0.4, -0.2) is 20.7 Å². The minimum Gasteiger partial charge on any atom is -0.383 e. The van der Waals surface area contributed by atoms with Crippen LogP contribution >= 0.6 is 0 Å². The first-order chi connectivity index (χ1) is 7.00. The Hall–Kier alpha value is -1.03. The van der Waals surface area contributed by atoms with Crippen molar-refractivity contribution in [2.75, 3.05) is 17.6 Å². The molecule has 1 aliphatic heterocycles. The van der Waals surface area contributed by atoms with Gasteiger partial charge in [0.05, 0.1) is 16.3 Å². The van der Waals surface area contributed by atoms with E-state index in [0.29, 0.717) is 17.4 Å². The molecular weight excluding hydrogens is 210 g/mol. The minimum absolute atomic E-state index is 0.195. The van der Waals surface area contributed by atoms with Crippen LogP contribution in [-0.2, 0) is 9.84 Å². The molecule has 0 atom stereocenters. The Morgan fingerprint density at radius 2 is 2.07 bits per heavy atom. The van der Waals surface area contributed by atoms with Crippen LogP contribution in [0, 0.1) is 0 Å². The number of sulfone groups is 1. The normalized spacial score (nSPS) is 18.3. The van der Waals surface area contributed by atoms with E-state index in [9.17, 15) is 8.42 Å². The van der Waals surface area contributed by atoms with E-state index in [-0.39, 0.29) is 5.75 Å². The Kier molecular flexibility index (Phi) is 2.46. The Morgan fingerprint density at radius 3 is 2.73 bits per heavy atom. The number of benzene rings is 1. The fraction of sp³-hybridized carbons (Fsp3) is 0.455. The highest BCUT2D eigenvalue weighted by atomic mass is 32.2. The molecule has 1 N–H and O–H groups in total. The molecule has 1 aliphatic rings. The number of hydrogen-bond donors (Lipinski definition) is 1. The van der Waals surface area contributed by atoms with Crippen molar-refractivity contribution in [2.24, 2.45) is 0 Å². The second-order valence-electron chi connectivity index (χ2n) is 4.16. The van der Waals surface area contributed by atoms with E-state index in [1.54, 1.807) is 6.07 Å². The Bertz CT molecular complexity index is 477. The van der Waals surface area contributed by atoms with Crippen molar-refractivity contribution in [2.45, 2.75) is 24.7 Å². The summed E-state index contributed by atoms with van der Waals surface area (Å²) >= 11 is 0. The van der Waals surface area contributed by atoms with Crippen LogP contribution in [0.1, 0.15) is 25.3 Å². The van der Waals surface area contributed by atoms with E-state index in [0.717, 1.165) is 5.69 Å². The first kappa shape index (κ1) is 10.5. The maximum absolute atomic E-state index is 11.7. The summed E-state index contributed by atoms with van der Waals surface area (Å²) in [4.78, 5) is 0.443. The molecule has 0 aliphatic carbocycles. The fourth-order valence-electron chi connectivity index (χ4n) is 1.75. The van der Waals surface area contributed by atoms with E-state index < -0.39 is 9.84 Å². The molecule has 0 spiro atoms. The standard InChI is InChI=1S/C11H15NO2S/c1-8(2)9-3-4-11-10(7-9)12-5-6-15(11,13)14/h3-4,7-8,12H,5-6H2,1-2H3. The summed E-state index contributed by atoms with van der Waals surface area (Å²) in [7, 11) is -3.05. The average Bonchev–Trinajstić information content (AvgIpc) is 2.16. The third-order valence-electron chi connectivity index (χ3n) is 2.69. The lowest BCUT2D eigenvalue weighted by Crippen LogP contribution is -2.23. The second-order valence-corrected chi connectivity index (χ2v) is 6.23. The van der Waals surface area contributed by atoms with Crippen molar-refractivity contribution in [3.63, 3.8) is 0 Å². The van der Waals surface area contributed by atoms with Crippen molar-refractivity contribution < 1.29 is 8.42 Å². The van der Waals surface area contributed by atoms with Crippen molar-refractivity contribution in [3.05, 3.63) is 23.8 Å². The highest BCUT2D eigenvalue weighted by molar-refractivity contribution is 7.91. The zero-order valence-corrected chi connectivity index (χ0v) is 9.76. The van der Waals surface area contributed by atoms with Gasteiger partial charge in [0.25, 0.3) is 0 Å². The lowest BCUT2D eigenvalue weighted by Gasteiger charge is -2.19. The van der Waals surface area contributed by atoms with E-state index in [4.69, 9.17) is 0 Å². The topological polar surface area (TPSA) is 46.2 Å². The summed E-state index contributed by atoms with van der Waals surface area (Å²) in [5, 5.41) is 3.13. The number of anilines is 1. The molecule has 1 aromatic rings. The Morgan fingerprint density at radius 1 is 1.33 bits per heavy atom. The third-order valence-corrected chi connectivity index (χ3v) is 4.46. The molecule has 15 heavy (non-hydrogen) atoms. The molecule has 3 nitrogen and oxygen atoms in total. The zero-order valence-electron chi connectivity index (χ0n) is 8.95. The molecular formula is C11H15NO2S. The minimum atomic E-state index is -3.05. The van der Waals surface area contributed by atoms with Gasteiger partial charge >= 0.3 is 0 Å². The predicted octanol–water partition coefficient (Wildman–Crippen LogP) is 2.01. The van der Waals surface area contributed by atoms with Crippen molar-refractivity contribution in [1.82, 2.24) is 0 Å². The average molecular weight is 225 g/mol. The van der Waals surface area contributed by atoms with Gasteiger partial charge in [0, 0.05) is 6.54 Å². The third kappa shape index (κ3) is 1.86. The van der Waals surface area contributed by atoms with Crippen molar-refractivity contribution in [1.29, 1.82) is 0 Å². The Balaban J connectivity index is 2.55. The molecule has 4 heteroatoms. The molecule has 1 heterocycles. The second kappa shape index (κ2) is 3.52. The number of rotatable bonds is 1. The molecule has 0 aromatic heterocycles. The van der Waals surface area contributed by atoms with Gasteiger partial charge in [-0.1, -0.05) is 19.9 Å². The molecule has 0 radical (unpaired) electrons. The highest BCUT2D eigenvalue weighted by Gasteiger charge is 2.23. The zero-order chi connectivity index (χ0) is 11.1.